The molecule has 0 unspecified atom stereocenters. The van der Waals surface area contributed by atoms with Crippen molar-refractivity contribution < 1.29 is 17.6 Å². The molecule has 0 aromatic heterocycles. The van der Waals surface area contributed by atoms with Gasteiger partial charge in [0, 0.05) is 9.90 Å². The van der Waals surface area contributed by atoms with Crippen LogP contribution in [0.5, 0.6) is 0 Å². The summed E-state index contributed by atoms with van der Waals surface area (Å²) < 4.78 is 53.3. The van der Waals surface area contributed by atoms with Crippen molar-refractivity contribution in [2.75, 3.05) is 0 Å². The van der Waals surface area contributed by atoms with Gasteiger partial charge >= 0.3 is 6.18 Å². The summed E-state index contributed by atoms with van der Waals surface area (Å²) >= 11 is 10.7. The van der Waals surface area contributed by atoms with Crippen LogP contribution in [0.1, 0.15) is 77.0 Å². The predicted octanol–water partition coefficient (Wildman–Crippen LogP) is 12.0. The molecular weight excluding hydrogens is 528 g/mol. The normalized spacial score (nSPS) is 14.6. The number of benzene rings is 1. The molecule has 0 N–H and O–H groups in total. The SMILES string of the molecule is C=C(/C=C(F)\C=C\C1=C(c2cc(C(F)(F)F)ccc2C)CCC1)C(=S)CC.C=C/C=C(C)\C=C(/C)Cl.CC. The van der Waals surface area contributed by atoms with E-state index in [-0.39, 0.29) is 0 Å². The Kier molecular flexibility index (Phi) is 16.7. The van der Waals surface area contributed by atoms with Gasteiger partial charge in [-0.15, -0.1) is 0 Å². The smallest absolute Gasteiger partial charge is 0.207 e. The third-order valence-electron chi connectivity index (χ3n) is 5.39. The van der Waals surface area contributed by atoms with Crippen LogP contribution in [0.4, 0.5) is 17.6 Å². The van der Waals surface area contributed by atoms with Gasteiger partial charge in [-0.2, -0.15) is 13.2 Å². The van der Waals surface area contributed by atoms with Gasteiger partial charge < -0.3 is 0 Å². The van der Waals surface area contributed by atoms with Gasteiger partial charge in [0.15, 0.2) is 0 Å². The van der Waals surface area contributed by atoms with Gasteiger partial charge in [-0.25, -0.2) is 4.39 Å². The Morgan fingerprint density at radius 1 is 1.13 bits per heavy atom. The summed E-state index contributed by atoms with van der Waals surface area (Å²) in [6.45, 7) is 18.8. The Balaban J connectivity index is 0.00000105. The zero-order chi connectivity index (χ0) is 29.5. The average Bonchev–Trinajstić information content (AvgIpc) is 3.31. The molecule has 0 bridgehead atoms. The lowest BCUT2D eigenvalue weighted by atomic mass is 9.95. The van der Waals surface area contributed by atoms with Gasteiger partial charge in [0.2, 0.25) is 0 Å². The Morgan fingerprint density at radius 2 is 1.76 bits per heavy atom. The minimum atomic E-state index is -4.38. The molecule has 1 aliphatic carbocycles. The number of allylic oxidation sites excluding steroid dienone is 12. The van der Waals surface area contributed by atoms with Gasteiger partial charge in [0.1, 0.15) is 5.83 Å². The summed E-state index contributed by atoms with van der Waals surface area (Å²) in [5.41, 5.74) is 4.00. The number of rotatable bonds is 8. The summed E-state index contributed by atoms with van der Waals surface area (Å²) in [6.07, 6.45) is 8.26. The molecule has 0 amide bonds. The maximum absolute atomic E-state index is 14.1. The van der Waals surface area contributed by atoms with E-state index in [1.807, 2.05) is 46.8 Å². The minimum Gasteiger partial charge on any atom is -0.207 e. The molecule has 6 heteroatoms. The quantitative estimate of drug-likeness (QED) is 0.130. The van der Waals surface area contributed by atoms with Crippen molar-refractivity contribution in [3.8, 4) is 0 Å². The maximum atomic E-state index is 14.1. The van der Waals surface area contributed by atoms with Crippen LogP contribution in [-0.4, -0.2) is 4.86 Å². The van der Waals surface area contributed by atoms with E-state index < -0.39 is 17.6 Å². The van der Waals surface area contributed by atoms with E-state index in [1.54, 1.807) is 19.1 Å². The highest BCUT2D eigenvalue weighted by atomic mass is 35.5. The molecule has 0 aliphatic heterocycles. The summed E-state index contributed by atoms with van der Waals surface area (Å²) in [6, 6.07) is 3.77. The van der Waals surface area contributed by atoms with Crippen molar-refractivity contribution in [3.05, 3.63) is 112 Å². The van der Waals surface area contributed by atoms with Crippen LogP contribution < -0.4 is 0 Å². The molecule has 2 rings (SSSR count). The van der Waals surface area contributed by atoms with E-state index >= 15 is 0 Å². The Labute approximate surface area is 236 Å². The second kappa shape index (κ2) is 17.9. The van der Waals surface area contributed by atoms with E-state index in [1.165, 1.54) is 24.3 Å². The first-order valence-electron chi connectivity index (χ1n) is 12.6. The third kappa shape index (κ3) is 12.8. The second-order valence-electron chi connectivity index (χ2n) is 8.43. The lowest BCUT2D eigenvalue weighted by Gasteiger charge is -2.13. The Hall–Kier alpha value is -2.50. The molecule has 208 valence electrons. The summed E-state index contributed by atoms with van der Waals surface area (Å²) in [4.78, 5) is 0.596. The van der Waals surface area contributed by atoms with Crippen molar-refractivity contribution in [2.24, 2.45) is 0 Å². The van der Waals surface area contributed by atoms with Crippen LogP contribution in [0, 0.1) is 6.92 Å². The van der Waals surface area contributed by atoms with Crippen LogP contribution in [0.3, 0.4) is 0 Å². The zero-order valence-corrected chi connectivity index (χ0v) is 24.8. The molecule has 0 fully saturated rings. The highest BCUT2D eigenvalue weighted by Crippen LogP contribution is 2.39. The Morgan fingerprint density at radius 3 is 2.29 bits per heavy atom. The number of thiocarbonyl (C=S) groups is 1. The molecule has 0 atom stereocenters. The van der Waals surface area contributed by atoms with Crippen LogP contribution in [0.25, 0.3) is 5.57 Å². The van der Waals surface area contributed by atoms with Crippen LogP contribution in [-0.2, 0) is 6.18 Å². The maximum Gasteiger partial charge on any atom is 0.416 e. The molecule has 0 saturated carbocycles. The van der Waals surface area contributed by atoms with Gasteiger partial charge in [-0.3, -0.25) is 0 Å². The number of hydrogen-bond donors (Lipinski definition) is 0. The molecular formula is C32H39ClF4S. The molecule has 1 aliphatic rings. The predicted molar refractivity (Wildman–Crippen MR) is 162 cm³/mol. The molecule has 0 saturated heterocycles. The Bertz CT molecular complexity index is 1120. The van der Waals surface area contributed by atoms with Crippen molar-refractivity contribution in [2.45, 2.75) is 73.4 Å². The van der Waals surface area contributed by atoms with E-state index in [9.17, 15) is 17.6 Å². The van der Waals surface area contributed by atoms with Crippen molar-refractivity contribution in [3.63, 3.8) is 0 Å². The molecule has 38 heavy (non-hydrogen) atoms. The minimum absolute atomic E-state index is 0.462. The van der Waals surface area contributed by atoms with Crippen molar-refractivity contribution in [1.82, 2.24) is 0 Å². The zero-order valence-electron chi connectivity index (χ0n) is 23.2. The molecule has 1 aromatic carbocycles. The number of alkyl halides is 3. The van der Waals surface area contributed by atoms with E-state index in [4.69, 9.17) is 23.8 Å². The standard InChI is InChI=1S/C22H22F4S.C8H11Cl.C2H6/c1-4-21(27)15(3)12-18(23)11-9-16-6-5-7-19(16)20-13-17(22(24,25)26)10-8-14(20)2;1-4-5-7(2)6-8(3)9;1-2/h8-13H,3-7H2,1-2H3;4-6H,1H2,2-3H3;1-2H3/b11-9+,18-12+;7-5-,8-6+;. The molecule has 0 heterocycles. The van der Waals surface area contributed by atoms with E-state index in [0.29, 0.717) is 35.3 Å². The summed E-state index contributed by atoms with van der Waals surface area (Å²) in [7, 11) is 0. The lowest BCUT2D eigenvalue weighted by molar-refractivity contribution is -0.137. The largest absolute Gasteiger partial charge is 0.416 e. The molecule has 1 aromatic rings. The summed E-state index contributed by atoms with van der Waals surface area (Å²) in [5.74, 6) is -0.477. The topological polar surface area (TPSA) is 0 Å². The fraction of sp³-hybridized carbons (Fsp3) is 0.344. The van der Waals surface area contributed by atoms with E-state index in [0.717, 1.165) is 39.8 Å². The second-order valence-corrected chi connectivity index (χ2v) is 9.52. The number of aryl methyl sites for hydroxylation is 1. The number of halogens is 5. The highest BCUT2D eigenvalue weighted by molar-refractivity contribution is 7.80. The van der Waals surface area contributed by atoms with Crippen LogP contribution >= 0.6 is 23.8 Å². The summed E-state index contributed by atoms with van der Waals surface area (Å²) in [5, 5.41) is 0.797. The van der Waals surface area contributed by atoms with Crippen LogP contribution in [0.2, 0.25) is 0 Å². The first-order chi connectivity index (χ1) is 17.8. The van der Waals surface area contributed by atoms with Crippen molar-refractivity contribution >= 4 is 34.3 Å². The monoisotopic (exact) mass is 566 g/mol. The first kappa shape index (κ1) is 35.5. The molecule has 0 radical (unpaired) electrons. The van der Waals surface area contributed by atoms with E-state index in [2.05, 4.69) is 13.2 Å². The molecule has 0 spiro atoms. The molecule has 0 nitrogen and oxygen atoms in total. The number of hydrogen-bond acceptors (Lipinski definition) is 1. The highest BCUT2D eigenvalue weighted by Gasteiger charge is 2.31. The first-order valence-corrected chi connectivity index (χ1v) is 13.4. The van der Waals surface area contributed by atoms with Crippen molar-refractivity contribution in [1.29, 1.82) is 0 Å². The average molecular weight is 567 g/mol. The van der Waals surface area contributed by atoms with Crippen LogP contribution in [0.15, 0.2) is 95.4 Å². The lowest BCUT2D eigenvalue weighted by Crippen LogP contribution is -2.06. The van der Waals surface area contributed by atoms with Gasteiger partial charge in [-0.05, 0) is 105 Å². The van der Waals surface area contributed by atoms with Gasteiger partial charge in [0.25, 0.3) is 0 Å². The van der Waals surface area contributed by atoms with Gasteiger partial charge in [0.05, 0.1) is 5.56 Å². The fourth-order valence-electron chi connectivity index (χ4n) is 3.63. The third-order valence-corrected chi connectivity index (χ3v) is 6.05. The fourth-order valence-corrected chi connectivity index (χ4v) is 3.86. The van der Waals surface area contributed by atoms with Gasteiger partial charge in [-0.1, -0.05) is 87.6 Å².